The summed E-state index contributed by atoms with van der Waals surface area (Å²) in [4.78, 5) is 20.2. The smallest absolute Gasteiger partial charge is 0.332 e. The van der Waals surface area contributed by atoms with Crippen LogP contribution in [0.2, 0.25) is 0 Å². The number of carboxylic acids is 2. The van der Waals surface area contributed by atoms with Gasteiger partial charge in [0.15, 0.2) is 6.10 Å². The van der Waals surface area contributed by atoms with E-state index in [1.165, 1.54) is 0 Å². The van der Waals surface area contributed by atoms with Gasteiger partial charge in [0, 0.05) is 13.2 Å². The molecule has 0 amide bonds. The molecule has 0 fully saturated rings. The first-order valence-corrected chi connectivity index (χ1v) is 7.13. The van der Waals surface area contributed by atoms with Crippen LogP contribution in [0.4, 0.5) is 0 Å². The topological polar surface area (TPSA) is 93.1 Å². The van der Waals surface area contributed by atoms with Gasteiger partial charge in [-0.05, 0) is 19.3 Å². The van der Waals surface area contributed by atoms with E-state index >= 15 is 0 Å². The summed E-state index contributed by atoms with van der Waals surface area (Å²) in [7, 11) is 0. The quantitative estimate of drug-likeness (QED) is 0.568. The fourth-order valence-electron chi connectivity index (χ4n) is 1.14. The first-order chi connectivity index (χ1) is 9.49. The fraction of sp³-hybridized carbons (Fsp3) is 0.857. The predicted octanol–water partition coefficient (Wildman–Crippen LogP) is 2.55. The number of aliphatic carboxylic acids is 2. The second kappa shape index (κ2) is 15.9. The number of carboxylic acid groups (broad SMARTS) is 2. The average Bonchev–Trinajstić information content (AvgIpc) is 2.40. The zero-order chi connectivity index (χ0) is 15.8. The van der Waals surface area contributed by atoms with Gasteiger partial charge < -0.3 is 19.7 Å². The molecule has 0 aromatic heterocycles. The van der Waals surface area contributed by atoms with Crippen molar-refractivity contribution in [1.29, 1.82) is 0 Å². The summed E-state index contributed by atoms with van der Waals surface area (Å²) in [5, 5.41) is 16.6. The zero-order valence-electron chi connectivity index (χ0n) is 12.8. The molecule has 0 aromatic carbocycles. The Morgan fingerprint density at radius 1 is 1.00 bits per heavy atom. The zero-order valence-corrected chi connectivity index (χ0v) is 12.8. The first-order valence-electron chi connectivity index (χ1n) is 7.13. The lowest BCUT2D eigenvalue weighted by molar-refractivity contribution is -0.150. The van der Waals surface area contributed by atoms with E-state index in [0.29, 0.717) is 19.6 Å². The van der Waals surface area contributed by atoms with Crippen LogP contribution < -0.4 is 0 Å². The minimum atomic E-state index is -0.897. The van der Waals surface area contributed by atoms with Crippen LogP contribution in [0.3, 0.4) is 0 Å². The molecule has 0 bridgehead atoms. The summed E-state index contributed by atoms with van der Waals surface area (Å²) in [6, 6.07) is 0. The van der Waals surface area contributed by atoms with Crippen molar-refractivity contribution in [3.63, 3.8) is 0 Å². The minimum absolute atomic E-state index is 0.167. The maximum Gasteiger partial charge on any atom is 0.332 e. The van der Waals surface area contributed by atoms with Gasteiger partial charge in [0.1, 0.15) is 6.61 Å². The van der Waals surface area contributed by atoms with Gasteiger partial charge in [-0.15, -0.1) is 0 Å². The van der Waals surface area contributed by atoms with Crippen molar-refractivity contribution >= 4 is 11.9 Å². The molecule has 0 aliphatic heterocycles. The molecule has 0 aliphatic rings. The van der Waals surface area contributed by atoms with Crippen molar-refractivity contribution in [2.45, 2.75) is 59.0 Å². The van der Waals surface area contributed by atoms with Gasteiger partial charge in [0.05, 0.1) is 0 Å². The van der Waals surface area contributed by atoms with Crippen molar-refractivity contribution in [2.75, 3.05) is 19.8 Å². The van der Waals surface area contributed by atoms with Crippen LogP contribution in [-0.2, 0) is 19.1 Å². The van der Waals surface area contributed by atoms with Crippen LogP contribution in [0.1, 0.15) is 52.9 Å². The molecule has 2 N–H and O–H groups in total. The second-order valence-corrected chi connectivity index (χ2v) is 4.26. The van der Waals surface area contributed by atoms with E-state index in [1.807, 2.05) is 20.8 Å². The Hall–Kier alpha value is -1.14. The Morgan fingerprint density at radius 3 is 1.95 bits per heavy atom. The third-order valence-electron chi connectivity index (χ3n) is 2.33. The lowest BCUT2D eigenvalue weighted by Gasteiger charge is -2.09. The molecule has 6 nitrogen and oxygen atoms in total. The second-order valence-electron chi connectivity index (χ2n) is 4.26. The van der Waals surface area contributed by atoms with Gasteiger partial charge in [-0.2, -0.15) is 0 Å². The minimum Gasteiger partial charge on any atom is -0.480 e. The van der Waals surface area contributed by atoms with E-state index < -0.39 is 18.0 Å². The highest BCUT2D eigenvalue weighted by atomic mass is 16.5. The van der Waals surface area contributed by atoms with E-state index in [9.17, 15) is 9.59 Å². The average molecular weight is 292 g/mol. The van der Waals surface area contributed by atoms with Gasteiger partial charge in [-0.3, -0.25) is 0 Å². The van der Waals surface area contributed by atoms with E-state index in [1.54, 1.807) is 0 Å². The largest absolute Gasteiger partial charge is 0.480 e. The predicted molar refractivity (Wildman–Crippen MR) is 75.9 cm³/mol. The number of carbonyl (C=O) groups is 2. The van der Waals surface area contributed by atoms with Crippen molar-refractivity contribution in [3.8, 4) is 0 Å². The Labute approximate surface area is 121 Å². The Kier molecular flexibility index (Phi) is 16.8. The number of hydrogen-bond acceptors (Lipinski definition) is 4. The van der Waals surface area contributed by atoms with Gasteiger partial charge in [-0.25, -0.2) is 9.59 Å². The van der Waals surface area contributed by atoms with Crippen LogP contribution in [0.15, 0.2) is 0 Å². The molecule has 6 heteroatoms. The molecule has 0 rings (SSSR count). The molecular formula is C14H28O6. The SMILES string of the molecule is CCCCOC(CC)C(=O)O.CCCCOCC(=O)O. The number of ether oxygens (including phenoxy) is 2. The molecular weight excluding hydrogens is 264 g/mol. The highest BCUT2D eigenvalue weighted by Crippen LogP contribution is 1.99. The van der Waals surface area contributed by atoms with Crippen LogP contribution in [0.5, 0.6) is 0 Å². The first kappa shape index (κ1) is 21.2. The van der Waals surface area contributed by atoms with Gasteiger partial charge in [-0.1, -0.05) is 33.6 Å². The molecule has 0 spiro atoms. The normalized spacial score (nSPS) is 11.3. The molecule has 0 aliphatic carbocycles. The molecule has 0 heterocycles. The third kappa shape index (κ3) is 16.9. The Morgan fingerprint density at radius 2 is 1.55 bits per heavy atom. The summed E-state index contributed by atoms with van der Waals surface area (Å²) in [5.41, 5.74) is 0. The van der Waals surface area contributed by atoms with Gasteiger partial charge in [0.25, 0.3) is 0 Å². The maximum absolute atomic E-state index is 10.4. The fourth-order valence-corrected chi connectivity index (χ4v) is 1.14. The highest BCUT2D eigenvalue weighted by molar-refractivity contribution is 5.72. The maximum atomic E-state index is 10.4. The summed E-state index contributed by atoms with van der Waals surface area (Å²) in [6.45, 7) is 6.84. The standard InChI is InChI=1S/C8H16O3.C6H12O3/c1-3-5-6-11-7(4-2)8(9)10;1-2-3-4-9-5-6(7)8/h7H,3-6H2,1-2H3,(H,9,10);2-5H2,1H3,(H,7,8). The van der Waals surface area contributed by atoms with E-state index in [-0.39, 0.29) is 6.61 Å². The monoisotopic (exact) mass is 292 g/mol. The van der Waals surface area contributed by atoms with Crippen molar-refractivity contribution in [3.05, 3.63) is 0 Å². The van der Waals surface area contributed by atoms with Crippen molar-refractivity contribution < 1.29 is 29.3 Å². The molecule has 1 atom stereocenters. The highest BCUT2D eigenvalue weighted by Gasteiger charge is 2.13. The molecule has 0 aromatic rings. The van der Waals surface area contributed by atoms with E-state index in [4.69, 9.17) is 19.7 Å². The van der Waals surface area contributed by atoms with Crippen LogP contribution >= 0.6 is 0 Å². The molecule has 120 valence electrons. The lowest BCUT2D eigenvalue weighted by Crippen LogP contribution is -2.23. The van der Waals surface area contributed by atoms with Crippen LogP contribution in [0.25, 0.3) is 0 Å². The van der Waals surface area contributed by atoms with Crippen molar-refractivity contribution in [1.82, 2.24) is 0 Å². The summed E-state index contributed by atoms with van der Waals surface area (Å²) < 4.78 is 9.83. The summed E-state index contributed by atoms with van der Waals surface area (Å²) in [5.74, 6) is -1.75. The number of hydrogen-bond donors (Lipinski definition) is 2. The molecule has 0 saturated heterocycles. The third-order valence-corrected chi connectivity index (χ3v) is 2.33. The van der Waals surface area contributed by atoms with E-state index in [0.717, 1.165) is 25.7 Å². The number of rotatable bonds is 11. The Balaban J connectivity index is 0. The number of unbranched alkanes of at least 4 members (excludes halogenated alkanes) is 2. The molecule has 1 unspecified atom stereocenters. The van der Waals surface area contributed by atoms with Crippen LogP contribution in [0, 0.1) is 0 Å². The van der Waals surface area contributed by atoms with E-state index in [2.05, 4.69) is 0 Å². The van der Waals surface area contributed by atoms with Gasteiger partial charge in [0.2, 0.25) is 0 Å². The van der Waals surface area contributed by atoms with Gasteiger partial charge >= 0.3 is 11.9 Å². The van der Waals surface area contributed by atoms with Crippen molar-refractivity contribution in [2.24, 2.45) is 0 Å². The Bertz CT molecular complexity index is 242. The lowest BCUT2D eigenvalue weighted by atomic mass is 10.3. The summed E-state index contributed by atoms with van der Waals surface area (Å²) >= 11 is 0. The summed E-state index contributed by atoms with van der Waals surface area (Å²) in [6.07, 6.45) is 3.88. The van der Waals surface area contributed by atoms with Crippen LogP contribution in [-0.4, -0.2) is 48.1 Å². The molecule has 0 radical (unpaired) electrons. The molecule has 0 saturated carbocycles. The molecule has 20 heavy (non-hydrogen) atoms.